The SMILES string of the molecule is CCN(c1ccc(C(=O)Nc2ccccc2)nc1)C1CCS(=O)(=O)C1. The molecule has 2 heterocycles. The zero-order valence-electron chi connectivity index (χ0n) is 14.1. The quantitative estimate of drug-likeness (QED) is 0.886. The number of anilines is 2. The molecule has 0 aliphatic carbocycles. The molecule has 0 spiro atoms. The first-order chi connectivity index (χ1) is 12.0. The topological polar surface area (TPSA) is 79.4 Å². The summed E-state index contributed by atoms with van der Waals surface area (Å²) in [5.41, 5.74) is 1.87. The monoisotopic (exact) mass is 359 g/mol. The molecule has 1 aromatic carbocycles. The van der Waals surface area contributed by atoms with Gasteiger partial charge in [-0.25, -0.2) is 13.4 Å². The van der Waals surface area contributed by atoms with E-state index in [0.29, 0.717) is 24.3 Å². The number of nitrogens with zero attached hydrogens (tertiary/aromatic N) is 2. The Hall–Kier alpha value is -2.41. The lowest BCUT2D eigenvalue weighted by atomic mass is 10.2. The van der Waals surface area contributed by atoms with Crippen LogP contribution in [-0.2, 0) is 9.84 Å². The Balaban J connectivity index is 1.71. The molecule has 0 saturated carbocycles. The van der Waals surface area contributed by atoms with Gasteiger partial charge in [-0.15, -0.1) is 0 Å². The first kappa shape index (κ1) is 17.4. The normalized spacial score (nSPS) is 18.7. The van der Waals surface area contributed by atoms with E-state index < -0.39 is 9.84 Å². The van der Waals surface area contributed by atoms with Crippen molar-refractivity contribution in [3.63, 3.8) is 0 Å². The summed E-state index contributed by atoms with van der Waals surface area (Å²) in [5, 5.41) is 2.79. The maximum absolute atomic E-state index is 12.2. The summed E-state index contributed by atoms with van der Waals surface area (Å²) in [7, 11) is -2.94. The molecule has 7 heteroatoms. The molecule has 132 valence electrons. The Morgan fingerprint density at radius 3 is 2.56 bits per heavy atom. The van der Waals surface area contributed by atoms with Gasteiger partial charge in [0.25, 0.3) is 5.91 Å². The van der Waals surface area contributed by atoms with Gasteiger partial charge in [0.05, 0.1) is 23.4 Å². The van der Waals surface area contributed by atoms with Gasteiger partial charge in [0, 0.05) is 18.3 Å². The molecular weight excluding hydrogens is 338 g/mol. The maximum Gasteiger partial charge on any atom is 0.274 e. The van der Waals surface area contributed by atoms with Crippen molar-refractivity contribution in [2.75, 3.05) is 28.3 Å². The van der Waals surface area contributed by atoms with Crippen LogP contribution in [0.4, 0.5) is 11.4 Å². The summed E-state index contributed by atoms with van der Waals surface area (Å²) in [6, 6.07) is 12.7. The molecular formula is C18H21N3O3S. The minimum Gasteiger partial charge on any atom is -0.367 e. The molecule has 6 nitrogen and oxygen atoms in total. The number of pyridine rings is 1. The molecule has 1 aliphatic rings. The van der Waals surface area contributed by atoms with Crippen molar-refractivity contribution in [3.8, 4) is 0 Å². The smallest absolute Gasteiger partial charge is 0.274 e. The Morgan fingerprint density at radius 2 is 2.00 bits per heavy atom. The highest BCUT2D eigenvalue weighted by molar-refractivity contribution is 7.91. The number of hydrogen-bond donors (Lipinski definition) is 1. The summed E-state index contributed by atoms with van der Waals surface area (Å²) < 4.78 is 23.4. The molecule has 25 heavy (non-hydrogen) atoms. The van der Waals surface area contributed by atoms with E-state index in [4.69, 9.17) is 0 Å². The Morgan fingerprint density at radius 1 is 1.24 bits per heavy atom. The van der Waals surface area contributed by atoms with E-state index in [-0.39, 0.29) is 23.5 Å². The minimum atomic E-state index is -2.94. The maximum atomic E-state index is 12.2. The van der Waals surface area contributed by atoms with Gasteiger partial charge in [-0.3, -0.25) is 4.79 Å². The van der Waals surface area contributed by atoms with Crippen molar-refractivity contribution in [2.45, 2.75) is 19.4 Å². The third-order valence-electron chi connectivity index (χ3n) is 4.33. The van der Waals surface area contributed by atoms with Crippen LogP contribution in [0.2, 0.25) is 0 Å². The van der Waals surface area contributed by atoms with E-state index in [2.05, 4.69) is 10.3 Å². The van der Waals surface area contributed by atoms with Gasteiger partial charge in [-0.05, 0) is 37.6 Å². The second-order valence-corrected chi connectivity index (χ2v) is 8.29. The minimum absolute atomic E-state index is 0.0270. The first-order valence-electron chi connectivity index (χ1n) is 8.28. The highest BCUT2D eigenvalue weighted by atomic mass is 32.2. The van der Waals surface area contributed by atoms with Crippen molar-refractivity contribution in [1.82, 2.24) is 4.98 Å². The molecule has 1 aliphatic heterocycles. The number of carbonyl (C=O) groups excluding carboxylic acids is 1. The highest BCUT2D eigenvalue weighted by Crippen LogP contribution is 2.24. The van der Waals surface area contributed by atoms with E-state index in [0.717, 1.165) is 5.69 Å². The lowest BCUT2D eigenvalue weighted by Crippen LogP contribution is -2.36. The number of benzene rings is 1. The van der Waals surface area contributed by atoms with Crippen molar-refractivity contribution < 1.29 is 13.2 Å². The molecule has 1 unspecified atom stereocenters. The van der Waals surface area contributed by atoms with Crippen LogP contribution in [0.15, 0.2) is 48.7 Å². The molecule has 1 atom stereocenters. The van der Waals surface area contributed by atoms with Gasteiger partial charge in [0.1, 0.15) is 5.69 Å². The Bertz CT molecular complexity index is 836. The molecule has 1 N–H and O–H groups in total. The summed E-state index contributed by atoms with van der Waals surface area (Å²) in [4.78, 5) is 18.5. The average molecular weight is 359 g/mol. The number of para-hydroxylation sites is 1. The molecule has 0 bridgehead atoms. The van der Waals surface area contributed by atoms with Crippen LogP contribution >= 0.6 is 0 Å². The number of rotatable bonds is 5. The van der Waals surface area contributed by atoms with E-state index in [1.807, 2.05) is 48.2 Å². The van der Waals surface area contributed by atoms with E-state index in [9.17, 15) is 13.2 Å². The van der Waals surface area contributed by atoms with Gasteiger partial charge in [-0.2, -0.15) is 0 Å². The first-order valence-corrected chi connectivity index (χ1v) is 10.1. The molecule has 3 rings (SSSR count). The van der Waals surface area contributed by atoms with Crippen molar-refractivity contribution in [3.05, 3.63) is 54.4 Å². The summed E-state index contributed by atoms with van der Waals surface area (Å²) in [6.45, 7) is 2.68. The van der Waals surface area contributed by atoms with Crippen LogP contribution in [0.25, 0.3) is 0 Å². The fourth-order valence-electron chi connectivity index (χ4n) is 3.08. The number of carbonyl (C=O) groups is 1. The molecule has 1 fully saturated rings. The number of sulfone groups is 1. The second-order valence-electron chi connectivity index (χ2n) is 6.06. The summed E-state index contributed by atoms with van der Waals surface area (Å²) >= 11 is 0. The fourth-order valence-corrected chi connectivity index (χ4v) is 4.81. The standard InChI is InChI=1S/C18H21N3O3S/c1-2-21(16-10-11-25(23,24)13-16)15-8-9-17(19-12-15)18(22)20-14-6-4-3-5-7-14/h3-9,12,16H,2,10-11,13H2,1H3,(H,20,22). The van der Waals surface area contributed by atoms with Gasteiger partial charge >= 0.3 is 0 Å². The summed E-state index contributed by atoms with van der Waals surface area (Å²) in [5.74, 6) is 0.139. The van der Waals surface area contributed by atoms with Gasteiger partial charge in [0.15, 0.2) is 9.84 Å². The third-order valence-corrected chi connectivity index (χ3v) is 6.08. The van der Waals surface area contributed by atoms with Crippen molar-refractivity contribution in [2.24, 2.45) is 0 Å². The molecule has 2 aromatic rings. The molecule has 1 aromatic heterocycles. The predicted molar refractivity (Wildman–Crippen MR) is 98.7 cm³/mol. The van der Waals surface area contributed by atoms with Crippen LogP contribution < -0.4 is 10.2 Å². The molecule has 0 radical (unpaired) electrons. The molecule has 1 amide bonds. The largest absolute Gasteiger partial charge is 0.367 e. The number of hydrogen-bond acceptors (Lipinski definition) is 5. The summed E-state index contributed by atoms with van der Waals surface area (Å²) in [6.07, 6.45) is 2.26. The van der Waals surface area contributed by atoms with Gasteiger partial charge in [-0.1, -0.05) is 18.2 Å². The zero-order valence-corrected chi connectivity index (χ0v) is 14.9. The van der Waals surface area contributed by atoms with E-state index in [1.54, 1.807) is 12.3 Å². The molecule has 1 saturated heterocycles. The lowest BCUT2D eigenvalue weighted by Gasteiger charge is -2.28. The highest BCUT2D eigenvalue weighted by Gasteiger charge is 2.31. The van der Waals surface area contributed by atoms with Crippen LogP contribution in [0.5, 0.6) is 0 Å². The third kappa shape index (κ3) is 4.17. The van der Waals surface area contributed by atoms with Crippen LogP contribution in [0.3, 0.4) is 0 Å². The number of nitrogens with one attached hydrogen (secondary N) is 1. The fraction of sp³-hybridized carbons (Fsp3) is 0.333. The van der Waals surface area contributed by atoms with Crippen LogP contribution in [-0.4, -0.2) is 43.4 Å². The number of amides is 1. The van der Waals surface area contributed by atoms with Crippen molar-refractivity contribution in [1.29, 1.82) is 0 Å². The van der Waals surface area contributed by atoms with Crippen molar-refractivity contribution >= 4 is 27.1 Å². The van der Waals surface area contributed by atoms with Gasteiger partial charge in [0.2, 0.25) is 0 Å². The van der Waals surface area contributed by atoms with Gasteiger partial charge < -0.3 is 10.2 Å². The van der Waals surface area contributed by atoms with E-state index >= 15 is 0 Å². The lowest BCUT2D eigenvalue weighted by molar-refractivity contribution is 0.102. The van der Waals surface area contributed by atoms with Crippen LogP contribution in [0, 0.1) is 0 Å². The van der Waals surface area contributed by atoms with Crippen LogP contribution in [0.1, 0.15) is 23.8 Å². The number of aromatic nitrogens is 1. The van der Waals surface area contributed by atoms with E-state index in [1.165, 1.54) is 0 Å². The average Bonchev–Trinajstić information content (AvgIpc) is 2.97. The second kappa shape index (κ2) is 7.23. The Kier molecular flexibility index (Phi) is 5.03. The Labute approximate surface area is 147 Å². The predicted octanol–water partition coefficient (Wildman–Crippen LogP) is 2.35. The zero-order chi connectivity index (χ0) is 17.9.